The quantitative estimate of drug-likeness (QED) is 0.756. The second-order valence-electron chi connectivity index (χ2n) is 6.31. The van der Waals surface area contributed by atoms with Crippen LogP contribution in [0.5, 0.6) is 11.5 Å². The van der Waals surface area contributed by atoms with Crippen molar-refractivity contribution in [2.75, 3.05) is 19.5 Å². The monoisotopic (exact) mass is 350 g/mol. The summed E-state index contributed by atoms with van der Waals surface area (Å²) < 4.78 is 10.5. The molecule has 0 atom stereocenters. The van der Waals surface area contributed by atoms with Crippen LogP contribution in [0.25, 0.3) is 10.9 Å². The van der Waals surface area contributed by atoms with Crippen molar-refractivity contribution < 1.29 is 14.3 Å². The van der Waals surface area contributed by atoms with E-state index in [-0.39, 0.29) is 5.91 Å². The lowest BCUT2D eigenvalue weighted by atomic mass is 10.0. The van der Waals surface area contributed by atoms with Crippen LogP contribution in [0.1, 0.15) is 27.2 Å². The second-order valence-corrected chi connectivity index (χ2v) is 6.31. The molecule has 2 aromatic carbocycles. The number of nitrogens with zero attached hydrogens (tertiary/aromatic N) is 1. The van der Waals surface area contributed by atoms with Crippen LogP contribution in [-0.2, 0) is 0 Å². The number of anilines is 1. The number of hydrogen-bond donors (Lipinski definition) is 1. The predicted octanol–water partition coefficient (Wildman–Crippen LogP) is 4.43. The van der Waals surface area contributed by atoms with Crippen LogP contribution < -0.4 is 14.8 Å². The summed E-state index contributed by atoms with van der Waals surface area (Å²) in [5.74, 6) is 0.856. The molecule has 0 spiro atoms. The number of aryl methyl sites for hydroxylation is 3. The number of rotatable bonds is 4. The maximum Gasteiger partial charge on any atom is 0.259 e. The topological polar surface area (TPSA) is 60.5 Å². The molecule has 0 bridgehead atoms. The fraction of sp³-hybridized carbons (Fsp3) is 0.238. The Kier molecular flexibility index (Phi) is 4.80. The van der Waals surface area contributed by atoms with Crippen LogP contribution >= 0.6 is 0 Å². The maximum absolute atomic E-state index is 12.9. The Labute approximate surface area is 153 Å². The van der Waals surface area contributed by atoms with E-state index in [9.17, 15) is 4.79 Å². The van der Waals surface area contributed by atoms with Gasteiger partial charge in [0.05, 0.1) is 31.0 Å². The van der Waals surface area contributed by atoms with Crippen molar-refractivity contribution in [1.29, 1.82) is 0 Å². The first-order valence-corrected chi connectivity index (χ1v) is 8.35. The SMILES string of the molecule is COc1ccc(C(=O)Nc2cc(C)nc3c(C)cc(C)cc23)c(OC)c1. The van der Waals surface area contributed by atoms with E-state index in [1.54, 1.807) is 25.3 Å². The van der Waals surface area contributed by atoms with Crippen molar-refractivity contribution in [2.45, 2.75) is 20.8 Å². The summed E-state index contributed by atoms with van der Waals surface area (Å²) >= 11 is 0. The Morgan fingerprint density at radius 2 is 1.77 bits per heavy atom. The molecule has 5 nitrogen and oxygen atoms in total. The molecule has 0 unspecified atom stereocenters. The zero-order chi connectivity index (χ0) is 18.8. The van der Waals surface area contributed by atoms with Crippen LogP contribution in [0.4, 0.5) is 5.69 Å². The van der Waals surface area contributed by atoms with Gasteiger partial charge in [-0.15, -0.1) is 0 Å². The van der Waals surface area contributed by atoms with Crippen molar-refractivity contribution >= 4 is 22.5 Å². The van der Waals surface area contributed by atoms with E-state index in [1.807, 2.05) is 32.9 Å². The van der Waals surface area contributed by atoms with Gasteiger partial charge in [-0.05, 0) is 50.6 Å². The molecule has 1 heterocycles. The number of hydrogen-bond acceptors (Lipinski definition) is 4. The van der Waals surface area contributed by atoms with Crippen LogP contribution in [0.15, 0.2) is 36.4 Å². The molecule has 26 heavy (non-hydrogen) atoms. The molecule has 3 aromatic rings. The van der Waals surface area contributed by atoms with E-state index in [0.717, 1.165) is 33.4 Å². The van der Waals surface area contributed by atoms with Gasteiger partial charge in [0.2, 0.25) is 0 Å². The third kappa shape index (κ3) is 3.33. The lowest BCUT2D eigenvalue weighted by Crippen LogP contribution is -2.14. The summed E-state index contributed by atoms with van der Waals surface area (Å²) in [4.78, 5) is 17.5. The fourth-order valence-electron chi connectivity index (χ4n) is 3.09. The number of pyridine rings is 1. The molecule has 1 N–H and O–H groups in total. The summed E-state index contributed by atoms with van der Waals surface area (Å²) in [5.41, 5.74) is 5.14. The summed E-state index contributed by atoms with van der Waals surface area (Å²) in [6.07, 6.45) is 0. The Morgan fingerprint density at radius 1 is 1.00 bits per heavy atom. The Morgan fingerprint density at radius 3 is 2.46 bits per heavy atom. The van der Waals surface area contributed by atoms with E-state index >= 15 is 0 Å². The van der Waals surface area contributed by atoms with Gasteiger partial charge in [-0.1, -0.05) is 11.6 Å². The number of nitrogens with one attached hydrogen (secondary N) is 1. The number of amides is 1. The molecular formula is C21H22N2O3. The zero-order valence-corrected chi connectivity index (χ0v) is 15.6. The van der Waals surface area contributed by atoms with Crippen molar-refractivity contribution in [3.05, 3.63) is 58.8 Å². The predicted molar refractivity (Wildman–Crippen MR) is 103 cm³/mol. The Bertz CT molecular complexity index is 996. The zero-order valence-electron chi connectivity index (χ0n) is 15.6. The minimum absolute atomic E-state index is 0.240. The number of fused-ring (bicyclic) bond motifs is 1. The van der Waals surface area contributed by atoms with Gasteiger partial charge in [0, 0.05) is 17.1 Å². The molecule has 5 heteroatoms. The third-order valence-electron chi connectivity index (χ3n) is 4.28. The lowest BCUT2D eigenvalue weighted by Gasteiger charge is -2.14. The smallest absolute Gasteiger partial charge is 0.259 e. The highest BCUT2D eigenvalue weighted by atomic mass is 16.5. The highest BCUT2D eigenvalue weighted by molar-refractivity contribution is 6.10. The van der Waals surface area contributed by atoms with E-state index in [4.69, 9.17) is 9.47 Å². The average molecular weight is 350 g/mol. The number of ether oxygens (including phenoxy) is 2. The number of aromatic nitrogens is 1. The molecule has 0 aliphatic rings. The van der Waals surface area contributed by atoms with Gasteiger partial charge in [-0.2, -0.15) is 0 Å². The first kappa shape index (κ1) is 17.7. The van der Waals surface area contributed by atoms with Crippen molar-refractivity contribution in [2.24, 2.45) is 0 Å². The van der Waals surface area contributed by atoms with Crippen molar-refractivity contribution in [3.63, 3.8) is 0 Å². The minimum Gasteiger partial charge on any atom is -0.497 e. The third-order valence-corrected chi connectivity index (χ3v) is 4.28. The summed E-state index contributed by atoms with van der Waals surface area (Å²) in [6, 6.07) is 11.1. The molecular weight excluding hydrogens is 328 g/mol. The van der Waals surface area contributed by atoms with Crippen molar-refractivity contribution in [1.82, 2.24) is 4.98 Å². The highest BCUT2D eigenvalue weighted by Crippen LogP contribution is 2.29. The highest BCUT2D eigenvalue weighted by Gasteiger charge is 2.16. The van der Waals surface area contributed by atoms with Crippen LogP contribution in [0.3, 0.4) is 0 Å². The second kappa shape index (κ2) is 7.04. The standard InChI is InChI=1S/C21H22N2O3/c1-12-8-13(2)20-17(9-12)18(10-14(3)22-20)23-21(24)16-7-6-15(25-4)11-19(16)26-5/h6-11H,1-5H3,(H,22,23,24). The molecule has 0 aliphatic carbocycles. The van der Waals surface area contributed by atoms with Crippen molar-refractivity contribution in [3.8, 4) is 11.5 Å². The molecule has 134 valence electrons. The molecule has 3 rings (SSSR count). The molecule has 0 fully saturated rings. The fourth-order valence-corrected chi connectivity index (χ4v) is 3.09. The Hall–Kier alpha value is -3.08. The number of carbonyl (C=O) groups is 1. The van der Waals surface area contributed by atoms with E-state index in [2.05, 4.69) is 16.4 Å². The molecule has 0 saturated carbocycles. The van der Waals surface area contributed by atoms with E-state index in [0.29, 0.717) is 17.1 Å². The molecule has 1 amide bonds. The summed E-state index contributed by atoms with van der Waals surface area (Å²) in [6.45, 7) is 5.98. The van der Waals surface area contributed by atoms with Gasteiger partial charge in [0.1, 0.15) is 11.5 Å². The van der Waals surface area contributed by atoms with Gasteiger partial charge in [-0.3, -0.25) is 9.78 Å². The number of methoxy groups -OCH3 is 2. The lowest BCUT2D eigenvalue weighted by molar-refractivity contribution is 0.102. The first-order chi connectivity index (χ1) is 12.4. The van der Waals surface area contributed by atoms with Crippen LogP contribution in [0.2, 0.25) is 0 Å². The van der Waals surface area contributed by atoms with Gasteiger partial charge >= 0.3 is 0 Å². The largest absolute Gasteiger partial charge is 0.497 e. The maximum atomic E-state index is 12.9. The number of carbonyl (C=O) groups excluding carboxylic acids is 1. The first-order valence-electron chi connectivity index (χ1n) is 8.35. The van der Waals surface area contributed by atoms with Gasteiger partial charge < -0.3 is 14.8 Å². The van der Waals surface area contributed by atoms with E-state index in [1.165, 1.54) is 7.11 Å². The normalized spacial score (nSPS) is 10.7. The van der Waals surface area contributed by atoms with E-state index < -0.39 is 0 Å². The average Bonchev–Trinajstić information content (AvgIpc) is 2.62. The summed E-state index contributed by atoms with van der Waals surface area (Å²) in [5, 5.41) is 3.93. The minimum atomic E-state index is -0.240. The number of benzene rings is 2. The molecule has 0 saturated heterocycles. The summed E-state index contributed by atoms with van der Waals surface area (Å²) in [7, 11) is 3.11. The van der Waals surface area contributed by atoms with Gasteiger partial charge in [-0.25, -0.2) is 0 Å². The van der Waals surface area contributed by atoms with Crippen LogP contribution in [-0.4, -0.2) is 25.1 Å². The molecule has 1 aromatic heterocycles. The molecule has 0 aliphatic heterocycles. The van der Waals surface area contributed by atoms with Gasteiger partial charge in [0.15, 0.2) is 0 Å². The van der Waals surface area contributed by atoms with Gasteiger partial charge in [0.25, 0.3) is 5.91 Å². The van der Waals surface area contributed by atoms with Crippen LogP contribution in [0, 0.1) is 20.8 Å². The Balaban J connectivity index is 2.05. The molecule has 0 radical (unpaired) electrons.